The summed E-state index contributed by atoms with van der Waals surface area (Å²) in [6.45, 7) is 6.33. The number of hydrogen-bond donors (Lipinski definition) is 0. The van der Waals surface area contributed by atoms with Gasteiger partial charge in [0.05, 0.1) is 6.04 Å². The Morgan fingerprint density at radius 2 is 1.81 bits per heavy atom. The van der Waals surface area contributed by atoms with E-state index in [1.165, 1.54) is 5.56 Å². The van der Waals surface area contributed by atoms with Gasteiger partial charge in [0.2, 0.25) is 5.91 Å². The van der Waals surface area contributed by atoms with E-state index < -0.39 is 0 Å². The molecule has 1 unspecified atom stereocenters. The molecule has 6 nitrogen and oxygen atoms in total. The molecule has 0 N–H and O–H groups in total. The third-order valence-electron chi connectivity index (χ3n) is 6.79. The second-order valence-electron chi connectivity index (χ2n) is 9.57. The maximum atomic E-state index is 13.1. The van der Waals surface area contributed by atoms with Crippen LogP contribution in [-0.4, -0.2) is 52.8 Å². The molecule has 0 radical (unpaired) electrons. The largest absolute Gasteiger partial charge is 0.486 e. The van der Waals surface area contributed by atoms with Gasteiger partial charge in [-0.25, -0.2) is 0 Å². The molecule has 0 spiro atoms. The highest BCUT2D eigenvalue weighted by Gasteiger charge is 2.33. The van der Waals surface area contributed by atoms with Crippen LogP contribution in [0.1, 0.15) is 52.9 Å². The maximum absolute atomic E-state index is 13.1. The van der Waals surface area contributed by atoms with E-state index >= 15 is 0 Å². The van der Waals surface area contributed by atoms with Crippen LogP contribution in [0.5, 0.6) is 5.75 Å². The third-order valence-corrected chi connectivity index (χ3v) is 7.73. The third kappa shape index (κ3) is 5.16. The number of benzene rings is 2. The van der Waals surface area contributed by atoms with Crippen molar-refractivity contribution >= 4 is 23.6 Å². The smallest absolute Gasteiger partial charge is 0.289 e. The fourth-order valence-electron chi connectivity index (χ4n) is 4.89. The van der Waals surface area contributed by atoms with Gasteiger partial charge in [0.15, 0.2) is 5.76 Å². The molecule has 188 valence electrons. The van der Waals surface area contributed by atoms with E-state index in [2.05, 4.69) is 18.2 Å². The standard InChI is InChI=1S/C29H32N2O4S/c1-20(2)28(32)31-13-12-21-8-9-23(18-25(21)27(31)22-6-4-3-5-7-22)34-19-24-10-11-26(35-24)29(33)30-14-16-36-17-15-30/h3-11,18,20,27H,12-17,19H2,1-2H3. The predicted molar refractivity (Wildman–Crippen MR) is 141 cm³/mol. The molecule has 1 saturated heterocycles. The number of rotatable bonds is 6. The fraction of sp³-hybridized carbons (Fsp3) is 0.379. The molecule has 0 aliphatic carbocycles. The number of carbonyl (C=O) groups is 2. The normalized spacial score (nSPS) is 17.7. The summed E-state index contributed by atoms with van der Waals surface area (Å²) in [6.07, 6.45) is 0.816. The van der Waals surface area contributed by atoms with Crippen molar-refractivity contribution in [3.05, 3.63) is 88.9 Å². The van der Waals surface area contributed by atoms with Crippen LogP contribution in [0.4, 0.5) is 0 Å². The number of thioether (sulfide) groups is 1. The monoisotopic (exact) mass is 504 g/mol. The van der Waals surface area contributed by atoms with E-state index in [4.69, 9.17) is 9.15 Å². The van der Waals surface area contributed by atoms with Gasteiger partial charge in [-0.3, -0.25) is 9.59 Å². The quantitative estimate of drug-likeness (QED) is 0.463. The van der Waals surface area contributed by atoms with Gasteiger partial charge < -0.3 is 19.0 Å². The van der Waals surface area contributed by atoms with Crippen molar-refractivity contribution in [1.29, 1.82) is 0 Å². The van der Waals surface area contributed by atoms with Crippen molar-refractivity contribution in [3.63, 3.8) is 0 Å². The highest BCUT2D eigenvalue weighted by molar-refractivity contribution is 7.99. The van der Waals surface area contributed by atoms with Crippen LogP contribution >= 0.6 is 11.8 Å². The van der Waals surface area contributed by atoms with E-state index in [1.807, 2.05) is 65.7 Å². The van der Waals surface area contributed by atoms with Crippen molar-refractivity contribution in [3.8, 4) is 5.75 Å². The number of hydrogen-bond acceptors (Lipinski definition) is 5. The zero-order valence-electron chi connectivity index (χ0n) is 20.8. The number of nitrogens with zero attached hydrogens (tertiary/aromatic N) is 2. The lowest BCUT2D eigenvalue weighted by atomic mass is 9.87. The molecule has 3 aromatic rings. The Morgan fingerprint density at radius 1 is 1.03 bits per heavy atom. The van der Waals surface area contributed by atoms with Gasteiger partial charge in [-0.2, -0.15) is 11.8 Å². The van der Waals surface area contributed by atoms with E-state index in [0.717, 1.165) is 42.1 Å². The summed E-state index contributed by atoms with van der Waals surface area (Å²) < 4.78 is 11.9. The van der Waals surface area contributed by atoms with Crippen molar-refractivity contribution in [2.75, 3.05) is 31.1 Å². The van der Waals surface area contributed by atoms with Gasteiger partial charge >= 0.3 is 0 Å². The molecule has 3 heterocycles. The lowest BCUT2D eigenvalue weighted by molar-refractivity contribution is -0.136. The lowest BCUT2D eigenvalue weighted by Crippen LogP contribution is -2.42. The zero-order chi connectivity index (χ0) is 25.1. The Balaban J connectivity index is 1.34. The first-order valence-corrected chi connectivity index (χ1v) is 13.7. The van der Waals surface area contributed by atoms with Gasteiger partial charge in [-0.15, -0.1) is 0 Å². The Kier molecular flexibility index (Phi) is 7.37. The molecule has 0 bridgehead atoms. The summed E-state index contributed by atoms with van der Waals surface area (Å²) in [5.41, 5.74) is 3.42. The minimum atomic E-state index is -0.149. The lowest BCUT2D eigenvalue weighted by Gasteiger charge is -2.39. The van der Waals surface area contributed by atoms with Crippen molar-refractivity contribution in [2.24, 2.45) is 5.92 Å². The Labute approximate surface area is 216 Å². The molecule has 2 amide bonds. The summed E-state index contributed by atoms with van der Waals surface area (Å²) in [6, 6.07) is 19.7. The minimum Gasteiger partial charge on any atom is -0.486 e. The van der Waals surface area contributed by atoms with Crippen molar-refractivity contribution in [2.45, 2.75) is 32.9 Å². The van der Waals surface area contributed by atoms with Crippen LogP contribution in [0.15, 0.2) is 65.1 Å². The van der Waals surface area contributed by atoms with E-state index in [-0.39, 0.29) is 30.4 Å². The van der Waals surface area contributed by atoms with Crippen molar-refractivity contribution in [1.82, 2.24) is 9.80 Å². The van der Waals surface area contributed by atoms with Gasteiger partial charge in [0, 0.05) is 37.1 Å². The van der Waals surface area contributed by atoms with Crippen LogP contribution in [0.3, 0.4) is 0 Å². The fourth-order valence-corrected chi connectivity index (χ4v) is 5.80. The molecule has 2 aliphatic heterocycles. The van der Waals surface area contributed by atoms with Crippen LogP contribution in [0.25, 0.3) is 0 Å². The average molecular weight is 505 g/mol. The highest BCUT2D eigenvalue weighted by Crippen LogP contribution is 2.38. The predicted octanol–water partition coefficient (Wildman–Crippen LogP) is 5.18. The van der Waals surface area contributed by atoms with Gasteiger partial charge in [0.25, 0.3) is 5.91 Å². The summed E-state index contributed by atoms with van der Waals surface area (Å²) in [5.74, 6) is 3.63. The SMILES string of the molecule is CC(C)C(=O)N1CCc2ccc(OCc3ccc(C(=O)N4CCSCC4)o3)cc2C1c1ccccc1. The number of amides is 2. The van der Waals surface area contributed by atoms with E-state index in [9.17, 15) is 9.59 Å². The molecule has 2 aromatic carbocycles. The molecular formula is C29H32N2O4S. The number of fused-ring (bicyclic) bond motifs is 1. The zero-order valence-corrected chi connectivity index (χ0v) is 21.6. The molecule has 5 rings (SSSR count). The highest BCUT2D eigenvalue weighted by atomic mass is 32.2. The molecule has 1 atom stereocenters. The minimum absolute atomic E-state index is 0.0593. The average Bonchev–Trinajstić information content (AvgIpc) is 3.40. The second-order valence-corrected chi connectivity index (χ2v) is 10.8. The van der Waals surface area contributed by atoms with Gasteiger partial charge in [-0.05, 0) is 47.4 Å². The van der Waals surface area contributed by atoms with E-state index in [0.29, 0.717) is 23.8 Å². The Hall–Kier alpha value is -3.19. The maximum Gasteiger partial charge on any atom is 0.289 e. The van der Waals surface area contributed by atoms with E-state index in [1.54, 1.807) is 12.1 Å². The number of carbonyl (C=O) groups excluding carboxylic acids is 2. The van der Waals surface area contributed by atoms with Gasteiger partial charge in [-0.1, -0.05) is 50.2 Å². The molecule has 1 fully saturated rings. The summed E-state index contributed by atoms with van der Waals surface area (Å²) >= 11 is 1.87. The molecular weight excluding hydrogens is 472 g/mol. The van der Waals surface area contributed by atoms with Crippen LogP contribution in [0.2, 0.25) is 0 Å². The molecule has 36 heavy (non-hydrogen) atoms. The molecule has 2 aliphatic rings. The molecule has 0 saturated carbocycles. The topological polar surface area (TPSA) is 63.0 Å². The van der Waals surface area contributed by atoms with Crippen LogP contribution in [-0.2, 0) is 17.8 Å². The summed E-state index contributed by atoms with van der Waals surface area (Å²) in [4.78, 5) is 29.7. The van der Waals surface area contributed by atoms with Crippen LogP contribution < -0.4 is 4.74 Å². The molecule has 7 heteroatoms. The Morgan fingerprint density at radius 3 is 2.56 bits per heavy atom. The van der Waals surface area contributed by atoms with Crippen LogP contribution in [0, 0.1) is 5.92 Å². The number of furan rings is 1. The Bertz CT molecular complexity index is 1220. The number of ether oxygens (including phenoxy) is 1. The second kappa shape index (κ2) is 10.8. The first-order valence-electron chi connectivity index (χ1n) is 12.6. The van der Waals surface area contributed by atoms with Crippen molar-refractivity contribution < 1.29 is 18.7 Å². The first-order chi connectivity index (χ1) is 17.5. The van der Waals surface area contributed by atoms with Gasteiger partial charge in [0.1, 0.15) is 18.1 Å². The molecule has 1 aromatic heterocycles. The summed E-state index contributed by atoms with van der Waals surface area (Å²) in [7, 11) is 0. The first kappa shape index (κ1) is 24.5. The summed E-state index contributed by atoms with van der Waals surface area (Å²) in [5, 5.41) is 0.